The Balaban J connectivity index is 2.13. The van der Waals surface area contributed by atoms with Crippen molar-refractivity contribution in [3.05, 3.63) is 22.2 Å². The van der Waals surface area contributed by atoms with Crippen molar-refractivity contribution in [2.45, 2.75) is 50.9 Å². The lowest BCUT2D eigenvalue weighted by molar-refractivity contribution is 0.442. The number of aromatic nitrogens is 2. The fourth-order valence-electron chi connectivity index (χ4n) is 2.30. The quantitative estimate of drug-likeness (QED) is 0.688. The van der Waals surface area contributed by atoms with E-state index in [4.69, 9.17) is 23.2 Å². The third kappa shape index (κ3) is 3.33. The Morgan fingerprint density at radius 3 is 1.94 bits per heavy atom. The predicted octanol–water partition coefficient (Wildman–Crippen LogP) is 4.61. The lowest BCUT2D eigenvalue weighted by atomic mass is 9.90. The SMILES string of the molecule is Clc1cc(Cl)nc(C2CCCCCCC2)n1. The molecule has 0 unspecified atom stereocenters. The van der Waals surface area contributed by atoms with Crippen LogP contribution in [0.15, 0.2) is 6.07 Å². The standard InChI is InChI=1S/C12H16Cl2N2/c13-10-8-11(14)16-12(15-10)9-6-4-2-1-3-5-7-9/h8-9H,1-7H2. The van der Waals surface area contributed by atoms with Crippen LogP contribution in [0.4, 0.5) is 0 Å². The summed E-state index contributed by atoms with van der Waals surface area (Å²) in [5.41, 5.74) is 0. The van der Waals surface area contributed by atoms with E-state index in [1.165, 1.54) is 32.1 Å². The van der Waals surface area contributed by atoms with Crippen molar-refractivity contribution < 1.29 is 0 Å². The topological polar surface area (TPSA) is 25.8 Å². The minimum atomic E-state index is 0.441. The molecular weight excluding hydrogens is 243 g/mol. The van der Waals surface area contributed by atoms with Gasteiger partial charge in [0.2, 0.25) is 0 Å². The highest BCUT2D eigenvalue weighted by molar-refractivity contribution is 6.33. The van der Waals surface area contributed by atoms with E-state index in [9.17, 15) is 0 Å². The number of rotatable bonds is 1. The smallest absolute Gasteiger partial charge is 0.134 e. The van der Waals surface area contributed by atoms with Gasteiger partial charge in [0, 0.05) is 12.0 Å². The van der Waals surface area contributed by atoms with Gasteiger partial charge in [-0.15, -0.1) is 0 Å². The van der Waals surface area contributed by atoms with E-state index in [1.807, 2.05) is 0 Å². The molecule has 1 aliphatic carbocycles. The van der Waals surface area contributed by atoms with Crippen LogP contribution in [0.25, 0.3) is 0 Å². The molecule has 0 bridgehead atoms. The Morgan fingerprint density at radius 1 is 0.875 bits per heavy atom. The third-order valence-corrected chi connectivity index (χ3v) is 3.54. The van der Waals surface area contributed by atoms with Crippen molar-refractivity contribution in [1.29, 1.82) is 0 Å². The van der Waals surface area contributed by atoms with Gasteiger partial charge in [-0.05, 0) is 12.8 Å². The number of halogens is 2. The minimum absolute atomic E-state index is 0.441. The van der Waals surface area contributed by atoms with Gasteiger partial charge in [-0.1, -0.05) is 55.3 Å². The van der Waals surface area contributed by atoms with Gasteiger partial charge in [0.05, 0.1) is 0 Å². The Kier molecular flexibility index (Phi) is 4.42. The van der Waals surface area contributed by atoms with Crippen LogP contribution in [0.5, 0.6) is 0 Å². The van der Waals surface area contributed by atoms with Crippen molar-refractivity contribution >= 4 is 23.2 Å². The summed E-state index contributed by atoms with van der Waals surface area (Å²) < 4.78 is 0. The largest absolute Gasteiger partial charge is 0.221 e. The van der Waals surface area contributed by atoms with Crippen molar-refractivity contribution in [1.82, 2.24) is 9.97 Å². The molecule has 0 spiro atoms. The molecule has 1 aromatic rings. The van der Waals surface area contributed by atoms with E-state index < -0.39 is 0 Å². The van der Waals surface area contributed by atoms with Gasteiger partial charge in [0.25, 0.3) is 0 Å². The first-order valence-corrected chi connectivity index (χ1v) is 6.71. The van der Waals surface area contributed by atoms with Gasteiger partial charge < -0.3 is 0 Å². The third-order valence-electron chi connectivity index (χ3n) is 3.15. The zero-order valence-corrected chi connectivity index (χ0v) is 10.8. The van der Waals surface area contributed by atoms with Crippen LogP contribution in [0.3, 0.4) is 0 Å². The number of nitrogens with zero attached hydrogens (tertiary/aromatic N) is 2. The summed E-state index contributed by atoms with van der Waals surface area (Å²) >= 11 is 11.8. The monoisotopic (exact) mass is 258 g/mol. The van der Waals surface area contributed by atoms with E-state index in [0.717, 1.165) is 18.7 Å². The van der Waals surface area contributed by atoms with Crippen LogP contribution < -0.4 is 0 Å². The van der Waals surface area contributed by atoms with E-state index in [-0.39, 0.29) is 0 Å². The zero-order valence-electron chi connectivity index (χ0n) is 9.25. The molecule has 1 heterocycles. The van der Waals surface area contributed by atoms with Crippen molar-refractivity contribution in [2.75, 3.05) is 0 Å². The molecule has 0 aliphatic heterocycles. The average Bonchev–Trinajstić information content (AvgIpc) is 2.14. The molecule has 1 aliphatic rings. The van der Waals surface area contributed by atoms with E-state index in [2.05, 4.69) is 9.97 Å². The van der Waals surface area contributed by atoms with Gasteiger partial charge in [-0.2, -0.15) is 0 Å². The van der Waals surface area contributed by atoms with E-state index >= 15 is 0 Å². The molecule has 88 valence electrons. The van der Waals surface area contributed by atoms with Gasteiger partial charge in [-0.3, -0.25) is 0 Å². The van der Waals surface area contributed by atoms with Crippen molar-refractivity contribution in [3.63, 3.8) is 0 Å². The van der Waals surface area contributed by atoms with Crippen LogP contribution >= 0.6 is 23.2 Å². The maximum absolute atomic E-state index is 5.91. The molecule has 1 saturated carbocycles. The molecule has 16 heavy (non-hydrogen) atoms. The highest BCUT2D eigenvalue weighted by Crippen LogP contribution is 2.30. The molecule has 0 N–H and O–H groups in total. The lowest BCUT2D eigenvalue weighted by Gasteiger charge is -2.18. The maximum Gasteiger partial charge on any atom is 0.134 e. The first kappa shape index (κ1) is 12.1. The number of hydrogen-bond acceptors (Lipinski definition) is 2. The average molecular weight is 259 g/mol. The molecule has 0 radical (unpaired) electrons. The van der Waals surface area contributed by atoms with Crippen LogP contribution in [-0.4, -0.2) is 9.97 Å². The van der Waals surface area contributed by atoms with Crippen LogP contribution in [0.2, 0.25) is 10.3 Å². The molecule has 2 rings (SSSR count). The Morgan fingerprint density at radius 2 is 1.38 bits per heavy atom. The highest BCUT2D eigenvalue weighted by Gasteiger charge is 2.17. The summed E-state index contributed by atoms with van der Waals surface area (Å²) in [6.45, 7) is 0. The van der Waals surface area contributed by atoms with E-state index in [0.29, 0.717) is 16.2 Å². The Bertz CT molecular complexity index is 327. The zero-order chi connectivity index (χ0) is 11.4. The summed E-state index contributed by atoms with van der Waals surface area (Å²) in [6, 6.07) is 1.59. The van der Waals surface area contributed by atoms with Crippen molar-refractivity contribution in [3.8, 4) is 0 Å². The summed E-state index contributed by atoms with van der Waals surface area (Å²) in [5.74, 6) is 1.27. The molecular formula is C12H16Cl2N2. The van der Waals surface area contributed by atoms with Crippen LogP contribution in [0.1, 0.15) is 56.7 Å². The summed E-state index contributed by atoms with van der Waals surface area (Å²) in [6.07, 6.45) is 8.86. The summed E-state index contributed by atoms with van der Waals surface area (Å²) in [5, 5.41) is 0.911. The van der Waals surface area contributed by atoms with Crippen LogP contribution in [-0.2, 0) is 0 Å². The molecule has 0 amide bonds. The second-order valence-corrected chi connectivity index (χ2v) is 5.19. The first-order chi connectivity index (χ1) is 7.75. The fraction of sp³-hybridized carbons (Fsp3) is 0.667. The Labute approximate surface area is 106 Å². The predicted molar refractivity (Wildman–Crippen MR) is 67.1 cm³/mol. The molecule has 4 heteroatoms. The second kappa shape index (κ2) is 5.83. The molecule has 0 atom stereocenters. The minimum Gasteiger partial charge on any atom is -0.221 e. The van der Waals surface area contributed by atoms with Gasteiger partial charge in [0.1, 0.15) is 16.1 Å². The first-order valence-electron chi connectivity index (χ1n) is 5.95. The fourth-order valence-corrected chi connectivity index (χ4v) is 2.74. The van der Waals surface area contributed by atoms with Crippen molar-refractivity contribution in [2.24, 2.45) is 0 Å². The maximum atomic E-state index is 5.91. The van der Waals surface area contributed by atoms with E-state index in [1.54, 1.807) is 6.07 Å². The number of hydrogen-bond donors (Lipinski definition) is 0. The lowest BCUT2D eigenvalue weighted by Crippen LogP contribution is -2.07. The molecule has 2 nitrogen and oxygen atoms in total. The summed E-state index contributed by atoms with van der Waals surface area (Å²) in [4.78, 5) is 8.60. The van der Waals surface area contributed by atoms with Gasteiger partial charge in [0.15, 0.2) is 0 Å². The normalized spacial score (nSPS) is 19.1. The van der Waals surface area contributed by atoms with Crippen LogP contribution in [0, 0.1) is 0 Å². The van der Waals surface area contributed by atoms with Gasteiger partial charge >= 0.3 is 0 Å². The molecule has 0 aromatic carbocycles. The second-order valence-electron chi connectivity index (χ2n) is 4.41. The molecule has 1 fully saturated rings. The molecule has 0 saturated heterocycles. The Hall–Kier alpha value is -0.340. The van der Waals surface area contributed by atoms with Gasteiger partial charge in [-0.25, -0.2) is 9.97 Å². The molecule has 1 aromatic heterocycles. The summed E-state index contributed by atoms with van der Waals surface area (Å²) in [7, 11) is 0. The highest BCUT2D eigenvalue weighted by atomic mass is 35.5.